The van der Waals surface area contributed by atoms with Crippen LogP contribution in [-0.2, 0) is 11.3 Å². The third-order valence-corrected chi connectivity index (χ3v) is 2.32. The molecule has 0 aliphatic rings. The average Bonchev–Trinajstić information content (AvgIpc) is 2.15. The summed E-state index contributed by atoms with van der Waals surface area (Å²) in [7, 11) is 1.84. The van der Waals surface area contributed by atoms with Crippen LogP contribution in [0.3, 0.4) is 0 Å². The van der Waals surface area contributed by atoms with Crippen LogP contribution in [-0.4, -0.2) is 19.5 Å². The van der Waals surface area contributed by atoms with Gasteiger partial charge in [0.15, 0.2) is 0 Å². The molecule has 0 spiro atoms. The molecule has 1 aromatic rings. The molecule has 0 saturated heterocycles. The van der Waals surface area contributed by atoms with E-state index in [1.165, 1.54) is 0 Å². The van der Waals surface area contributed by atoms with Crippen LogP contribution in [0, 0.1) is 6.92 Å². The Labute approximate surface area is 89.9 Å². The summed E-state index contributed by atoms with van der Waals surface area (Å²) in [6.45, 7) is 2.66. The summed E-state index contributed by atoms with van der Waals surface area (Å²) in [4.78, 5) is 12.7. The van der Waals surface area contributed by atoms with Crippen molar-refractivity contribution in [2.45, 2.75) is 13.5 Å². The minimum Gasteiger partial charge on any atom is -0.368 e. The van der Waals surface area contributed by atoms with E-state index in [4.69, 9.17) is 11.5 Å². The molecule has 4 N–H and O–H groups in total. The Kier molecular flexibility index (Phi) is 3.68. The molecule has 1 amide bonds. The predicted octanol–water partition coefficient (Wildman–Crippen LogP) is 0.375. The highest BCUT2D eigenvalue weighted by molar-refractivity contribution is 5.80. The molecule has 1 aromatic carbocycles. The number of nitrogens with zero attached hydrogens (tertiary/aromatic N) is 1. The van der Waals surface area contributed by atoms with E-state index < -0.39 is 0 Å². The Balaban J connectivity index is 3.05. The maximum absolute atomic E-state index is 10.8. The van der Waals surface area contributed by atoms with Crippen molar-refractivity contribution in [3.8, 4) is 0 Å². The number of primary amides is 1. The lowest BCUT2D eigenvalue weighted by Crippen LogP contribution is -2.31. The molecule has 15 heavy (non-hydrogen) atoms. The Hall–Kier alpha value is -1.55. The SMILES string of the molecule is Cc1cccc(CN)c1N(C)CC(N)=O. The van der Waals surface area contributed by atoms with E-state index in [0.717, 1.165) is 16.8 Å². The molecule has 0 radical (unpaired) electrons. The molecule has 0 saturated carbocycles. The van der Waals surface area contributed by atoms with Gasteiger partial charge in [-0.3, -0.25) is 4.79 Å². The Morgan fingerprint density at radius 2 is 2.13 bits per heavy atom. The van der Waals surface area contributed by atoms with Crippen LogP contribution in [0.4, 0.5) is 5.69 Å². The molecule has 0 atom stereocenters. The smallest absolute Gasteiger partial charge is 0.236 e. The minimum absolute atomic E-state index is 0.206. The summed E-state index contributed by atoms with van der Waals surface area (Å²) in [5.41, 5.74) is 13.9. The van der Waals surface area contributed by atoms with Gasteiger partial charge in [-0.1, -0.05) is 18.2 Å². The second-order valence-electron chi connectivity index (χ2n) is 3.61. The minimum atomic E-state index is -0.344. The van der Waals surface area contributed by atoms with Crippen molar-refractivity contribution in [3.05, 3.63) is 29.3 Å². The number of nitrogens with two attached hydrogens (primary N) is 2. The zero-order valence-corrected chi connectivity index (χ0v) is 9.16. The Bertz CT molecular complexity index is 363. The van der Waals surface area contributed by atoms with Crippen LogP contribution >= 0.6 is 0 Å². The van der Waals surface area contributed by atoms with Crippen LogP contribution < -0.4 is 16.4 Å². The first-order valence-corrected chi connectivity index (χ1v) is 4.84. The fourth-order valence-electron chi connectivity index (χ4n) is 1.74. The van der Waals surface area contributed by atoms with E-state index in [9.17, 15) is 4.79 Å². The van der Waals surface area contributed by atoms with Gasteiger partial charge in [0.2, 0.25) is 5.91 Å². The number of benzene rings is 1. The van der Waals surface area contributed by atoms with Crippen molar-refractivity contribution < 1.29 is 4.79 Å². The van der Waals surface area contributed by atoms with Crippen molar-refractivity contribution in [1.29, 1.82) is 0 Å². The zero-order chi connectivity index (χ0) is 11.4. The van der Waals surface area contributed by atoms with Gasteiger partial charge in [0.25, 0.3) is 0 Å². The molecule has 0 bridgehead atoms. The monoisotopic (exact) mass is 207 g/mol. The summed E-state index contributed by atoms with van der Waals surface area (Å²) in [6.07, 6.45) is 0. The van der Waals surface area contributed by atoms with Crippen LogP contribution in [0.2, 0.25) is 0 Å². The number of anilines is 1. The topological polar surface area (TPSA) is 72.3 Å². The van der Waals surface area contributed by atoms with Crippen LogP contribution in [0.25, 0.3) is 0 Å². The second-order valence-corrected chi connectivity index (χ2v) is 3.61. The number of amides is 1. The van der Waals surface area contributed by atoms with Gasteiger partial charge in [0.1, 0.15) is 0 Å². The molecular weight excluding hydrogens is 190 g/mol. The average molecular weight is 207 g/mol. The van der Waals surface area contributed by atoms with E-state index in [0.29, 0.717) is 6.54 Å². The first kappa shape index (κ1) is 11.5. The second kappa shape index (κ2) is 4.79. The molecule has 82 valence electrons. The molecule has 0 fully saturated rings. The highest BCUT2D eigenvalue weighted by Crippen LogP contribution is 2.23. The highest BCUT2D eigenvalue weighted by Gasteiger charge is 2.10. The standard InChI is InChI=1S/C11H17N3O/c1-8-4-3-5-9(6-12)11(8)14(2)7-10(13)15/h3-5H,6-7,12H2,1-2H3,(H2,13,15). The van der Waals surface area contributed by atoms with Gasteiger partial charge in [-0.2, -0.15) is 0 Å². The first-order chi connectivity index (χ1) is 7.06. The van der Waals surface area contributed by atoms with Crippen molar-refractivity contribution in [2.75, 3.05) is 18.5 Å². The molecule has 4 nitrogen and oxygen atoms in total. The Morgan fingerprint density at radius 1 is 1.47 bits per heavy atom. The Morgan fingerprint density at radius 3 is 2.67 bits per heavy atom. The third-order valence-electron chi connectivity index (χ3n) is 2.32. The quantitative estimate of drug-likeness (QED) is 0.749. The molecule has 0 heterocycles. The summed E-state index contributed by atoms with van der Waals surface area (Å²) in [6, 6.07) is 5.91. The molecule has 0 aliphatic heterocycles. The van der Waals surface area contributed by atoms with Crippen molar-refractivity contribution in [3.63, 3.8) is 0 Å². The van der Waals surface area contributed by atoms with Gasteiger partial charge in [-0.15, -0.1) is 0 Å². The lowest BCUT2D eigenvalue weighted by molar-refractivity contribution is -0.116. The molecule has 0 unspecified atom stereocenters. The normalized spacial score (nSPS) is 10.1. The van der Waals surface area contributed by atoms with E-state index in [1.807, 2.05) is 37.1 Å². The number of aryl methyl sites for hydroxylation is 1. The van der Waals surface area contributed by atoms with E-state index >= 15 is 0 Å². The molecule has 0 aliphatic carbocycles. The van der Waals surface area contributed by atoms with E-state index in [2.05, 4.69) is 0 Å². The number of rotatable bonds is 4. The summed E-state index contributed by atoms with van der Waals surface area (Å²) >= 11 is 0. The largest absolute Gasteiger partial charge is 0.368 e. The first-order valence-electron chi connectivity index (χ1n) is 4.84. The van der Waals surface area contributed by atoms with Gasteiger partial charge in [0, 0.05) is 19.3 Å². The van der Waals surface area contributed by atoms with Gasteiger partial charge >= 0.3 is 0 Å². The number of para-hydroxylation sites is 1. The van der Waals surface area contributed by atoms with Gasteiger partial charge in [-0.25, -0.2) is 0 Å². The fraction of sp³-hybridized carbons (Fsp3) is 0.364. The van der Waals surface area contributed by atoms with Crippen molar-refractivity contribution in [2.24, 2.45) is 11.5 Å². The summed E-state index contributed by atoms with van der Waals surface area (Å²) in [5.74, 6) is -0.344. The van der Waals surface area contributed by atoms with Gasteiger partial charge in [0.05, 0.1) is 6.54 Å². The number of hydrogen-bond acceptors (Lipinski definition) is 3. The molecule has 4 heteroatoms. The number of carbonyl (C=O) groups excluding carboxylic acids is 1. The van der Waals surface area contributed by atoms with Crippen LogP contribution in [0.1, 0.15) is 11.1 Å². The zero-order valence-electron chi connectivity index (χ0n) is 9.16. The highest BCUT2D eigenvalue weighted by atomic mass is 16.1. The number of carbonyl (C=O) groups is 1. The van der Waals surface area contributed by atoms with Crippen molar-refractivity contribution >= 4 is 11.6 Å². The lowest BCUT2D eigenvalue weighted by atomic mass is 10.1. The fourth-order valence-corrected chi connectivity index (χ4v) is 1.74. The van der Waals surface area contributed by atoms with Crippen LogP contribution in [0.15, 0.2) is 18.2 Å². The molecule has 0 aromatic heterocycles. The maximum atomic E-state index is 10.8. The van der Waals surface area contributed by atoms with E-state index in [-0.39, 0.29) is 12.5 Å². The predicted molar refractivity (Wildman–Crippen MR) is 61.5 cm³/mol. The number of hydrogen-bond donors (Lipinski definition) is 2. The third kappa shape index (κ3) is 2.70. The van der Waals surface area contributed by atoms with Gasteiger partial charge < -0.3 is 16.4 Å². The maximum Gasteiger partial charge on any atom is 0.236 e. The molecule has 1 rings (SSSR count). The number of likely N-dealkylation sites (N-methyl/N-ethyl adjacent to an activating group) is 1. The lowest BCUT2D eigenvalue weighted by Gasteiger charge is -2.22. The molecular formula is C11H17N3O. The van der Waals surface area contributed by atoms with Crippen LogP contribution in [0.5, 0.6) is 0 Å². The van der Waals surface area contributed by atoms with E-state index in [1.54, 1.807) is 0 Å². The summed E-state index contributed by atoms with van der Waals surface area (Å²) in [5, 5.41) is 0. The van der Waals surface area contributed by atoms with Crippen molar-refractivity contribution in [1.82, 2.24) is 0 Å². The van der Waals surface area contributed by atoms with Gasteiger partial charge in [-0.05, 0) is 18.1 Å². The summed E-state index contributed by atoms with van der Waals surface area (Å²) < 4.78 is 0.